The van der Waals surface area contributed by atoms with Gasteiger partial charge in [0.25, 0.3) is 0 Å². The van der Waals surface area contributed by atoms with Gasteiger partial charge in [-0.25, -0.2) is 0 Å². The predicted octanol–water partition coefficient (Wildman–Crippen LogP) is 3.05. The monoisotopic (exact) mass is 225 g/mol. The molecule has 0 saturated heterocycles. The summed E-state index contributed by atoms with van der Waals surface area (Å²) in [6, 6.07) is 6.77. The molecule has 0 aliphatic heterocycles. The lowest BCUT2D eigenvalue weighted by atomic mass is 10.2. The second-order valence-corrected chi connectivity index (χ2v) is 4.82. The Kier molecular flexibility index (Phi) is 4.99. The molecule has 0 aliphatic rings. The molecule has 0 spiro atoms. The van der Waals surface area contributed by atoms with Crippen molar-refractivity contribution in [1.29, 1.82) is 0 Å². The van der Waals surface area contributed by atoms with Crippen LogP contribution in [0.2, 0.25) is 0 Å². The van der Waals surface area contributed by atoms with Gasteiger partial charge in [0.1, 0.15) is 5.75 Å². The number of aryl methyl sites for hydroxylation is 1. The molecule has 0 heterocycles. The maximum Gasteiger partial charge on any atom is 0.132 e. The Morgan fingerprint density at radius 1 is 1.40 bits per heavy atom. The molecule has 0 unspecified atom stereocenters. The molecule has 0 amide bonds. The van der Waals surface area contributed by atoms with Gasteiger partial charge in [-0.1, -0.05) is 19.9 Å². The van der Waals surface area contributed by atoms with E-state index in [-0.39, 0.29) is 0 Å². The Morgan fingerprint density at radius 2 is 2.13 bits per heavy atom. The van der Waals surface area contributed by atoms with E-state index in [9.17, 15) is 0 Å². The fourth-order valence-electron chi connectivity index (χ4n) is 1.18. The lowest BCUT2D eigenvalue weighted by Gasteiger charge is -2.11. The van der Waals surface area contributed by atoms with Gasteiger partial charge >= 0.3 is 0 Å². The van der Waals surface area contributed by atoms with Gasteiger partial charge in [-0.3, -0.25) is 0 Å². The predicted molar refractivity (Wildman–Crippen MR) is 66.7 cm³/mol. The summed E-state index contributed by atoms with van der Waals surface area (Å²) in [6.45, 7) is 6.39. The third kappa shape index (κ3) is 4.14. The van der Waals surface area contributed by atoms with Crippen LogP contribution >= 0.6 is 11.8 Å². The van der Waals surface area contributed by atoms with Gasteiger partial charge in [0.15, 0.2) is 0 Å². The summed E-state index contributed by atoms with van der Waals surface area (Å²) in [5, 5.41) is 3.37. The highest BCUT2D eigenvalue weighted by atomic mass is 32.2. The quantitative estimate of drug-likeness (QED) is 0.615. The maximum atomic E-state index is 5.31. The van der Waals surface area contributed by atoms with Gasteiger partial charge in [0, 0.05) is 11.9 Å². The van der Waals surface area contributed by atoms with Crippen LogP contribution in [0.3, 0.4) is 0 Å². The van der Waals surface area contributed by atoms with Crippen LogP contribution in [0.1, 0.15) is 19.4 Å². The van der Waals surface area contributed by atoms with Crippen LogP contribution in [-0.2, 0) is 0 Å². The largest absolute Gasteiger partial charge is 0.496 e. The number of rotatable bonds is 5. The van der Waals surface area contributed by atoms with E-state index in [1.54, 1.807) is 18.9 Å². The third-order valence-electron chi connectivity index (χ3n) is 2.04. The van der Waals surface area contributed by atoms with Gasteiger partial charge in [-0.2, -0.15) is 0 Å². The van der Waals surface area contributed by atoms with Crippen LogP contribution in [0.25, 0.3) is 0 Å². The molecule has 2 nitrogen and oxygen atoms in total. The van der Waals surface area contributed by atoms with Crippen LogP contribution in [-0.4, -0.2) is 19.0 Å². The maximum absolute atomic E-state index is 5.31. The Bertz CT molecular complexity index is 312. The SMILES string of the molecule is COc1ccc(C)cc1SCNC(C)C. The lowest BCUT2D eigenvalue weighted by Crippen LogP contribution is -2.21. The van der Waals surface area contributed by atoms with E-state index in [1.165, 1.54) is 10.5 Å². The molecule has 84 valence electrons. The van der Waals surface area contributed by atoms with Crippen molar-refractivity contribution in [3.63, 3.8) is 0 Å². The molecule has 1 rings (SSSR count). The minimum atomic E-state index is 0.522. The first-order valence-corrected chi connectivity index (χ1v) is 6.13. The molecule has 0 atom stereocenters. The fraction of sp³-hybridized carbons (Fsp3) is 0.500. The summed E-state index contributed by atoms with van der Waals surface area (Å²) in [5.41, 5.74) is 1.27. The molecule has 1 aromatic carbocycles. The van der Waals surface area contributed by atoms with Crippen molar-refractivity contribution in [2.75, 3.05) is 13.0 Å². The summed E-state index contributed by atoms with van der Waals surface area (Å²) in [4.78, 5) is 1.20. The van der Waals surface area contributed by atoms with E-state index in [0.29, 0.717) is 6.04 Å². The summed E-state index contributed by atoms with van der Waals surface area (Å²) in [6.07, 6.45) is 0. The van der Waals surface area contributed by atoms with Gasteiger partial charge < -0.3 is 10.1 Å². The van der Waals surface area contributed by atoms with Crippen molar-refractivity contribution in [1.82, 2.24) is 5.32 Å². The summed E-state index contributed by atoms with van der Waals surface area (Å²) in [5.74, 6) is 1.87. The van der Waals surface area contributed by atoms with Crippen LogP contribution in [0.5, 0.6) is 5.75 Å². The molecule has 3 heteroatoms. The van der Waals surface area contributed by atoms with E-state index in [4.69, 9.17) is 4.74 Å². The number of hydrogen-bond donors (Lipinski definition) is 1. The van der Waals surface area contributed by atoms with Crippen molar-refractivity contribution in [3.05, 3.63) is 23.8 Å². The number of nitrogens with one attached hydrogen (secondary N) is 1. The average molecular weight is 225 g/mol. The second-order valence-electron chi connectivity index (χ2n) is 3.80. The van der Waals surface area contributed by atoms with Crippen molar-refractivity contribution < 1.29 is 4.74 Å². The Balaban J connectivity index is 2.62. The van der Waals surface area contributed by atoms with Crippen molar-refractivity contribution >= 4 is 11.8 Å². The zero-order valence-electron chi connectivity index (χ0n) is 9.83. The van der Waals surface area contributed by atoms with Gasteiger partial charge in [0.2, 0.25) is 0 Å². The topological polar surface area (TPSA) is 21.3 Å². The van der Waals surface area contributed by atoms with Crippen LogP contribution in [0, 0.1) is 6.92 Å². The molecular formula is C12H19NOS. The van der Waals surface area contributed by atoms with E-state index in [0.717, 1.165) is 11.6 Å². The average Bonchev–Trinajstić information content (AvgIpc) is 2.17. The van der Waals surface area contributed by atoms with E-state index in [1.807, 2.05) is 6.07 Å². The van der Waals surface area contributed by atoms with E-state index >= 15 is 0 Å². The highest BCUT2D eigenvalue weighted by molar-refractivity contribution is 7.99. The fourth-order valence-corrected chi connectivity index (χ4v) is 2.32. The number of benzene rings is 1. The van der Waals surface area contributed by atoms with Crippen molar-refractivity contribution in [2.24, 2.45) is 0 Å². The lowest BCUT2D eigenvalue weighted by molar-refractivity contribution is 0.404. The first-order valence-electron chi connectivity index (χ1n) is 5.14. The molecule has 0 aromatic heterocycles. The normalized spacial score (nSPS) is 10.7. The Hall–Kier alpha value is -0.670. The molecule has 0 saturated carbocycles. The molecule has 0 bridgehead atoms. The van der Waals surface area contributed by atoms with Crippen LogP contribution in [0.4, 0.5) is 0 Å². The number of methoxy groups -OCH3 is 1. The molecule has 0 aliphatic carbocycles. The number of ether oxygens (including phenoxy) is 1. The number of hydrogen-bond acceptors (Lipinski definition) is 3. The summed E-state index contributed by atoms with van der Waals surface area (Å²) in [7, 11) is 1.71. The van der Waals surface area contributed by atoms with Crippen LogP contribution < -0.4 is 10.1 Å². The molecule has 15 heavy (non-hydrogen) atoms. The first kappa shape index (κ1) is 12.4. The third-order valence-corrected chi connectivity index (χ3v) is 2.98. The van der Waals surface area contributed by atoms with Crippen molar-refractivity contribution in [3.8, 4) is 5.75 Å². The zero-order chi connectivity index (χ0) is 11.3. The number of thioether (sulfide) groups is 1. The van der Waals surface area contributed by atoms with Crippen molar-refractivity contribution in [2.45, 2.75) is 31.7 Å². The van der Waals surface area contributed by atoms with E-state index < -0.39 is 0 Å². The second kappa shape index (κ2) is 6.03. The van der Waals surface area contributed by atoms with Crippen LogP contribution in [0.15, 0.2) is 23.1 Å². The zero-order valence-corrected chi connectivity index (χ0v) is 10.6. The molecular weight excluding hydrogens is 206 g/mol. The standard InChI is InChI=1S/C12H19NOS/c1-9(2)13-8-15-12-7-10(3)5-6-11(12)14-4/h5-7,9,13H,8H2,1-4H3. The highest BCUT2D eigenvalue weighted by Gasteiger charge is 2.03. The smallest absolute Gasteiger partial charge is 0.132 e. The Morgan fingerprint density at radius 3 is 2.73 bits per heavy atom. The highest BCUT2D eigenvalue weighted by Crippen LogP contribution is 2.29. The summed E-state index contributed by atoms with van der Waals surface area (Å²) < 4.78 is 5.31. The summed E-state index contributed by atoms with van der Waals surface area (Å²) >= 11 is 1.78. The molecule has 1 N–H and O–H groups in total. The molecule has 0 radical (unpaired) electrons. The van der Waals surface area contributed by atoms with Gasteiger partial charge in [0.05, 0.1) is 12.0 Å². The first-order chi connectivity index (χ1) is 7.13. The minimum Gasteiger partial charge on any atom is -0.496 e. The van der Waals surface area contributed by atoms with Gasteiger partial charge in [-0.05, 0) is 24.6 Å². The Labute approximate surface area is 96.4 Å². The van der Waals surface area contributed by atoms with Gasteiger partial charge in [-0.15, -0.1) is 11.8 Å². The van der Waals surface area contributed by atoms with E-state index in [2.05, 4.69) is 38.2 Å². The minimum absolute atomic E-state index is 0.522. The molecule has 0 fully saturated rings. The molecule has 1 aromatic rings.